The maximum atomic E-state index is 6.22. The molecule has 0 amide bonds. The van der Waals surface area contributed by atoms with Crippen molar-refractivity contribution >= 4 is 74.4 Å². The molecule has 0 saturated carbocycles. The van der Waals surface area contributed by atoms with Crippen LogP contribution in [0.5, 0.6) is 0 Å². The smallest absolute Gasteiger partial charge is 0.108 e. The fourth-order valence-corrected chi connectivity index (χ4v) is 4.66. The van der Waals surface area contributed by atoms with Gasteiger partial charge in [0.15, 0.2) is 0 Å². The molecule has 4 rings (SSSR count). The van der Waals surface area contributed by atoms with Crippen molar-refractivity contribution < 1.29 is 0 Å². The summed E-state index contributed by atoms with van der Waals surface area (Å²) in [6.07, 6.45) is -1.51. The Morgan fingerprint density at radius 2 is 0.500 bits per heavy atom. The van der Waals surface area contributed by atoms with Crippen molar-refractivity contribution in [1.29, 1.82) is 0 Å². The van der Waals surface area contributed by atoms with Crippen molar-refractivity contribution in [2.24, 2.45) is 0 Å². The third-order valence-corrected chi connectivity index (χ3v) is 6.49. The molecule has 30 heavy (non-hydrogen) atoms. The molecule has 0 unspecified atom stereocenters. The van der Waals surface area contributed by atoms with Crippen LogP contribution in [0.1, 0.15) is 0 Å². The quantitative estimate of drug-likeness (QED) is 0.349. The lowest BCUT2D eigenvalue weighted by Gasteiger charge is -2.44. The molecular weight excluding hydrogens is 455 g/mol. The first-order valence-corrected chi connectivity index (χ1v) is 10.7. The summed E-state index contributed by atoms with van der Waals surface area (Å²) in [4.78, 5) is 0. The van der Waals surface area contributed by atoms with Crippen molar-refractivity contribution in [3.63, 3.8) is 0 Å². The Morgan fingerprint density at radius 1 is 0.333 bits per heavy atom. The average Bonchev–Trinajstić information content (AvgIpc) is 2.73. The topological polar surface area (TPSA) is 36.5 Å². The molecule has 0 aliphatic carbocycles. The highest BCUT2D eigenvalue weighted by Crippen LogP contribution is 2.16. The summed E-state index contributed by atoms with van der Waals surface area (Å²) in [5.74, 6) is 0. The number of hydrogen-bond acceptors (Lipinski definition) is 0. The molecule has 0 aliphatic heterocycles. The third kappa shape index (κ3) is 4.25. The van der Waals surface area contributed by atoms with Gasteiger partial charge >= 0.3 is 0 Å². The van der Waals surface area contributed by atoms with Crippen LogP contribution in [0.15, 0.2) is 97.1 Å². The molecule has 0 aliphatic rings. The second-order valence-corrected chi connectivity index (χ2v) is 8.82. The minimum Gasteiger partial charge on any atom is -0.369 e. The van der Waals surface area contributed by atoms with Crippen LogP contribution in [0.4, 0.5) is 0 Å². The predicted octanol–water partition coefficient (Wildman–Crippen LogP) is 6.05. The zero-order valence-corrected chi connectivity index (χ0v) is 19.4. The lowest BCUT2D eigenvalue weighted by atomic mass is 9.13. The van der Waals surface area contributed by atoms with E-state index >= 15 is 0 Å². The Labute approximate surface area is 197 Å². The van der Waals surface area contributed by atoms with E-state index in [4.69, 9.17) is 46.4 Å². The summed E-state index contributed by atoms with van der Waals surface area (Å²) in [7, 11) is 0. The van der Waals surface area contributed by atoms with Gasteiger partial charge in [0.1, 0.15) is 6.15 Å². The SMILES string of the molecule is Clc1ccc([B-](c2ccc(Cl)cc2)(c2ccc(Cl)cc2)c2ccc(Cl)cc2)cc1.[NH4+]. The van der Waals surface area contributed by atoms with Crippen LogP contribution in [0.25, 0.3) is 0 Å². The van der Waals surface area contributed by atoms with Crippen LogP contribution in [0, 0.1) is 0 Å². The summed E-state index contributed by atoms with van der Waals surface area (Å²) in [5.41, 5.74) is 4.56. The van der Waals surface area contributed by atoms with Crippen LogP contribution in [0.3, 0.4) is 0 Å². The third-order valence-electron chi connectivity index (χ3n) is 5.48. The number of benzene rings is 4. The number of hydrogen-bond donors (Lipinski definition) is 1. The number of rotatable bonds is 4. The van der Waals surface area contributed by atoms with Gasteiger partial charge in [0.2, 0.25) is 0 Å². The molecule has 0 heterocycles. The maximum absolute atomic E-state index is 6.22. The zero-order chi connectivity index (χ0) is 20.4. The molecule has 0 atom stereocenters. The summed E-state index contributed by atoms with van der Waals surface area (Å²) >= 11 is 24.9. The highest BCUT2D eigenvalue weighted by molar-refractivity contribution is 7.19. The molecule has 6 heteroatoms. The summed E-state index contributed by atoms with van der Waals surface area (Å²) < 4.78 is 0. The molecule has 0 saturated heterocycles. The monoisotopic (exact) mass is 473 g/mol. The molecule has 0 bridgehead atoms. The van der Waals surface area contributed by atoms with E-state index < -0.39 is 6.15 Å². The van der Waals surface area contributed by atoms with Crippen LogP contribution in [-0.4, -0.2) is 6.15 Å². The first-order chi connectivity index (χ1) is 14.0. The van der Waals surface area contributed by atoms with Gasteiger partial charge in [0, 0.05) is 20.1 Å². The van der Waals surface area contributed by atoms with Gasteiger partial charge in [-0.05, 0) is 48.5 Å². The Hall–Kier alpha value is -1.94. The molecule has 1 nitrogen and oxygen atoms in total. The first-order valence-electron chi connectivity index (χ1n) is 9.20. The fraction of sp³-hybridized carbons (Fsp3) is 0. The van der Waals surface area contributed by atoms with E-state index in [0.29, 0.717) is 20.1 Å². The van der Waals surface area contributed by atoms with Crippen LogP contribution >= 0.6 is 46.4 Å². The van der Waals surface area contributed by atoms with E-state index in [2.05, 4.69) is 48.5 Å². The van der Waals surface area contributed by atoms with Gasteiger partial charge in [-0.25, -0.2) is 0 Å². The van der Waals surface area contributed by atoms with Crippen LogP contribution < -0.4 is 28.0 Å². The van der Waals surface area contributed by atoms with Gasteiger partial charge in [-0.2, -0.15) is 21.9 Å². The average molecular weight is 475 g/mol. The first kappa shape index (κ1) is 22.7. The minimum atomic E-state index is -1.51. The standard InChI is InChI=1S/C24H16BCl4.H3N/c26-21-9-1-17(2-10-21)25(18-3-11-22(27)12-4-18,19-5-13-23(28)14-6-19)20-7-15-24(29)16-8-20;/h1-16H;1H3/q-1;/p+1. The van der Waals surface area contributed by atoms with Gasteiger partial charge < -0.3 is 6.15 Å². The minimum absolute atomic E-state index is 0. The van der Waals surface area contributed by atoms with Crippen molar-refractivity contribution in [1.82, 2.24) is 6.15 Å². The highest BCUT2D eigenvalue weighted by atomic mass is 35.5. The normalized spacial score (nSPS) is 11.1. The van der Waals surface area contributed by atoms with Crippen molar-refractivity contribution in [2.75, 3.05) is 0 Å². The summed E-state index contributed by atoms with van der Waals surface area (Å²) in [6.45, 7) is 0. The molecule has 0 spiro atoms. The van der Waals surface area contributed by atoms with Crippen LogP contribution in [-0.2, 0) is 0 Å². The molecule has 0 fully saturated rings. The van der Waals surface area contributed by atoms with Crippen molar-refractivity contribution in [3.05, 3.63) is 117 Å². The largest absolute Gasteiger partial charge is 0.369 e. The predicted molar refractivity (Wildman–Crippen MR) is 136 cm³/mol. The fourth-order valence-electron chi connectivity index (χ4n) is 4.16. The molecule has 0 aromatic heterocycles. The van der Waals surface area contributed by atoms with Gasteiger partial charge in [0.25, 0.3) is 0 Å². The maximum Gasteiger partial charge on any atom is 0.108 e. The van der Waals surface area contributed by atoms with E-state index in [1.165, 1.54) is 0 Å². The van der Waals surface area contributed by atoms with Gasteiger partial charge in [-0.1, -0.05) is 94.9 Å². The highest BCUT2D eigenvalue weighted by Gasteiger charge is 2.31. The van der Waals surface area contributed by atoms with Gasteiger partial charge in [-0.15, -0.1) is 0 Å². The van der Waals surface area contributed by atoms with E-state index in [1.54, 1.807) is 0 Å². The summed E-state index contributed by atoms with van der Waals surface area (Å²) in [6, 6.07) is 32.1. The van der Waals surface area contributed by atoms with Crippen molar-refractivity contribution in [2.45, 2.75) is 0 Å². The van der Waals surface area contributed by atoms with E-state index in [-0.39, 0.29) is 6.15 Å². The Morgan fingerprint density at radius 3 is 0.667 bits per heavy atom. The molecule has 152 valence electrons. The second-order valence-electron chi connectivity index (χ2n) is 7.07. The van der Waals surface area contributed by atoms with Gasteiger partial charge in [-0.3, -0.25) is 0 Å². The van der Waals surface area contributed by atoms with E-state index in [9.17, 15) is 0 Å². The summed E-state index contributed by atoms with van der Waals surface area (Å²) in [5, 5.41) is 2.78. The Kier molecular flexibility index (Phi) is 7.18. The second kappa shape index (κ2) is 9.47. The van der Waals surface area contributed by atoms with Crippen LogP contribution in [0.2, 0.25) is 20.1 Å². The van der Waals surface area contributed by atoms with Crippen molar-refractivity contribution in [3.8, 4) is 0 Å². The Balaban J connectivity index is 0.00000256. The molecule has 4 N–H and O–H groups in total. The number of quaternary nitrogens is 1. The number of halogens is 4. The van der Waals surface area contributed by atoms with E-state index in [0.717, 1.165) is 21.9 Å². The molecule has 4 aromatic carbocycles. The Bertz CT molecular complexity index is 922. The lowest BCUT2D eigenvalue weighted by Crippen LogP contribution is -2.74. The molecule has 4 aromatic rings. The van der Waals surface area contributed by atoms with Gasteiger partial charge in [0.05, 0.1) is 0 Å². The molecule has 0 radical (unpaired) electrons. The lowest BCUT2D eigenvalue weighted by molar-refractivity contribution is 1.66. The zero-order valence-electron chi connectivity index (χ0n) is 16.3. The van der Waals surface area contributed by atoms with E-state index in [1.807, 2.05) is 48.5 Å². The molecular formula is C24H20BCl4N.